The van der Waals surface area contributed by atoms with Crippen molar-refractivity contribution in [3.63, 3.8) is 0 Å². The van der Waals surface area contributed by atoms with Gasteiger partial charge in [-0.25, -0.2) is 9.67 Å². The number of rotatable bonds is 6. The third-order valence-corrected chi connectivity index (χ3v) is 3.31. The van der Waals surface area contributed by atoms with Crippen LogP contribution in [0.15, 0.2) is 30.9 Å². The van der Waals surface area contributed by atoms with Gasteiger partial charge >= 0.3 is 11.9 Å². The average molecular weight is 343 g/mol. The lowest BCUT2D eigenvalue weighted by Gasteiger charge is -2.26. The number of carboxylic acid groups (broad SMARTS) is 2. The number of carboxylic acids is 2. The number of hydrogen-bond donors (Lipinski definition) is 2. The van der Waals surface area contributed by atoms with Gasteiger partial charge in [0.2, 0.25) is 0 Å². The normalized spacial score (nSPS) is 21.7. The van der Waals surface area contributed by atoms with Crippen molar-refractivity contribution in [2.24, 2.45) is 0 Å². The van der Waals surface area contributed by atoms with E-state index in [9.17, 15) is 19.8 Å². The van der Waals surface area contributed by atoms with Gasteiger partial charge in [-0.15, -0.1) is 0 Å². The fraction of sp³-hybridized carbons (Fsp3) is 0.412. The summed E-state index contributed by atoms with van der Waals surface area (Å²) in [7, 11) is 0. The molecule has 0 bridgehead atoms. The van der Waals surface area contributed by atoms with Gasteiger partial charge < -0.3 is 10.2 Å². The van der Waals surface area contributed by atoms with Gasteiger partial charge in [-0.3, -0.25) is 9.59 Å². The highest BCUT2D eigenvalue weighted by Crippen LogP contribution is 2.31. The Labute approximate surface area is 156 Å². The lowest BCUT2D eigenvalue weighted by molar-refractivity contribution is -0.143. The van der Waals surface area contributed by atoms with Gasteiger partial charge in [0.05, 0.1) is 17.4 Å². The fourth-order valence-electron chi connectivity index (χ4n) is 1.96. The van der Waals surface area contributed by atoms with Crippen molar-refractivity contribution >= 4 is 11.9 Å². The highest BCUT2D eigenvalue weighted by atomic mass is 16.4. The summed E-state index contributed by atoms with van der Waals surface area (Å²) in [6.45, 7) is -15.5. The Morgan fingerprint density at radius 1 is 1.08 bits per heavy atom. The summed E-state index contributed by atoms with van der Waals surface area (Å²) in [6, 6.07) is 2.05. The van der Waals surface area contributed by atoms with Crippen LogP contribution < -0.4 is 0 Å². The van der Waals surface area contributed by atoms with Crippen molar-refractivity contribution in [3.05, 3.63) is 47.5 Å². The Morgan fingerprint density at radius 2 is 1.62 bits per heavy atom. The first kappa shape index (κ1) is 7.46. The van der Waals surface area contributed by atoms with Gasteiger partial charge in [0.25, 0.3) is 0 Å². The SMILES string of the molecule is [2H]C([2H])([2H])C(C(=O)O)(c1cc(Cn2cncn2)cc(C(C(=O)O)(C([2H])([2H])[2H])C([2H])([2H])[2H])c1)C([2H])([2H])[2H]. The van der Waals surface area contributed by atoms with Gasteiger partial charge in [-0.2, -0.15) is 5.10 Å². The summed E-state index contributed by atoms with van der Waals surface area (Å²) in [5.74, 6) is -4.68. The first-order chi connectivity index (χ1) is 16.0. The first-order valence-corrected chi connectivity index (χ1v) is 6.49. The molecule has 0 aliphatic carbocycles. The van der Waals surface area contributed by atoms with E-state index in [1.165, 1.54) is 0 Å². The molecule has 128 valence electrons. The van der Waals surface area contributed by atoms with E-state index in [1.54, 1.807) is 0 Å². The van der Waals surface area contributed by atoms with Gasteiger partial charge in [0.15, 0.2) is 0 Å². The molecule has 24 heavy (non-hydrogen) atoms. The van der Waals surface area contributed by atoms with Gasteiger partial charge in [-0.1, -0.05) is 18.2 Å². The number of carbonyl (C=O) groups is 2. The molecular weight excluding hydrogens is 310 g/mol. The van der Waals surface area contributed by atoms with E-state index in [0.29, 0.717) is 6.07 Å². The van der Waals surface area contributed by atoms with Gasteiger partial charge in [0.1, 0.15) is 12.7 Å². The third kappa shape index (κ3) is 3.29. The predicted molar refractivity (Wildman–Crippen MR) is 86.9 cm³/mol. The standard InChI is InChI=1S/C17H21N3O4/c1-16(2,14(21)22)12-5-11(8-20-10-18-9-19-20)6-13(7-12)17(3,4)15(23)24/h5-7,9-10H,8H2,1-4H3,(H,21,22)(H,23,24)/i1D3,2D3,3D3,4D3. The summed E-state index contributed by atoms with van der Waals surface area (Å²) >= 11 is 0. The van der Waals surface area contributed by atoms with Gasteiger partial charge in [0, 0.05) is 16.4 Å². The molecule has 0 unspecified atom stereocenters. The smallest absolute Gasteiger partial charge is 0.313 e. The van der Waals surface area contributed by atoms with Crippen LogP contribution in [-0.4, -0.2) is 36.9 Å². The van der Waals surface area contributed by atoms with Crippen molar-refractivity contribution < 1.29 is 36.3 Å². The summed E-state index contributed by atoms with van der Waals surface area (Å²) < 4.78 is 94.8. The zero-order chi connectivity index (χ0) is 28.1. The molecule has 0 amide bonds. The van der Waals surface area contributed by atoms with Crippen molar-refractivity contribution in [2.45, 2.75) is 44.8 Å². The molecule has 0 spiro atoms. The molecule has 2 N–H and O–H groups in total. The maximum absolute atomic E-state index is 12.3. The second kappa shape index (κ2) is 6.07. The molecular formula is C17H21N3O4. The number of aromatic nitrogens is 3. The van der Waals surface area contributed by atoms with Crippen LogP contribution in [0, 0.1) is 0 Å². The largest absolute Gasteiger partial charge is 0.481 e. The molecule has 0 saturated carbocycles. The maximum atomic E-state index is 12.3. The molecule has 1 aromatic carbocycles. The number of hydrogen-bond acceptors (Lipinski definition) is 4. The summed E-state index contributed by atoms with van der Waals surface area (Å²) in [5.41, 5.74) is -9.63. The molecule has 1 aromatic heterocycles. The summed E-state index contributed by atoms with van der Waals surface area (Å²) in [5, 5.41) is 23.7. The fourth-order valence-corrected chi connectivity index (χ4v) is 1.96. The average Bonchev–Trinajstić information content (AvgIpc) is 3.09. The minimum atomic E-state index is -3.78. The predicted octanol–water partition coefficient (Wildman–Crippen LogP) is 2.05. The highest BCUT2D eigenvalue weighted by Gasteiger charge is 2.34. The van der Waals surface area contributed by atoms with Crippen LogP contribution in [0.5, 0.6) is 0 Å². The molecule has 2 rings (SSSR count). The van der Waals surface area contributed by atoms with Crippen LogP contribution >= 0.6 is 0 Å². The zero-order valence-corrected chi connectivity index (χ0v) is 12.1. The minimum absolute atomic E-state index is 0.216. The summed E-state index contributed by atoms with van der Waals surface area (Å²) in [6.07, 6.45) is 2.24. The van der Waals surface area contributed by atoms with Crippen molar-refractivity contribution in [2.75, 3.05) is 0 Å². The minimum Gasteiger partial charge on any atom is -0.481 e. The van der Waals surface area contributed by atoms with E-state index in [2.05, 4.69) is 10.1 Å². The Morgan fingerprint density at radius 3 is 2.00 bits per heavy atom. The quantitative estimate of drug-likeness (QED) is 0.831. The first-order valence-electron chi connectivity index (χ1n) is 12.5. The monoisotopic (exact) mass is 343 g/mol. The molecule has 0 atom stereocenters. The lowest BCUT2D eigenvalue weighted by atomic mass is 9.78. The van der Waals surface area contributed by atoms with E-state index in [0.717, 1.165) is 29.5 Å². The van der Waals surface area contributed by atoms with E-state index in [4.69, 9.17) is 16.4 Å². The van der Waals surface area contributed by atoms with E-state index >= 15 is 0 Å². The molecule has 0 fully saturated rings. The van der Waals surface area contributed by atoms with Crippen LogP contribution in [0.3, 0.4) is 0 Å². The molecule has 7 heteroatoms. The van der Waals surface area contributed by atoms with Crippen LogP contribution in [0.4, 0.5) is 0 Å². The van der Waals surface area contributed by atoms with Crippen LogP contribution in [0.25, 0.3) is 0 Å². The summed E-state index contributed by atoms with van der Waals surface area (Å²) in [4.78, 5) is 28.4. The van der Waals surface area contributed by atoms with Crippen LogP contribution in [-0.2, 0) is 27.0 Å². The molecule has 0 aliphatic rings. The Kier molecular flexibility index (Phi) is 1.89. The number of benzene rings is 1. The highest BCUT2D eigenvalue weighted by molar-refractivity contribution is 5.82. The molecule has 2 aromatic rings. The van der Waals surface area contributed by atoms with Crippen LogP contribution in [0.1, 0.15) is 60.5 Å². The molecule has 1 heterocycles. The molecule has 0 aliphatic heterocycles. The van der Waals surface area contributed by atoms with Crippen molar-refractivity contribution in [1.82, 2.24) is 14.8 Å². The van der Waals surface area contributed by atoms with E-state index in [-0.39, 0.29) is 5.56 Å². The van der Waals surface area contributed by atoms with Crippen molar-refractivity contribution in [3.8, 4) is 0 Å². The zero-order valence-electron chi connectivity index (χ0n) is 24.1. The Balaban J connectivity index is 3.17. The topological polar surface area (TPSA) is 105 Å². The Bertz CT molecular complexity index is 1040. The third-order valence-electron chi connectivity index (χ3n) is 3.31. The van der Waals surface area contributed by atoms with Crippen molar-refractivity contribution in [1.29, 1.82) is 0 Å². The molecule has 0 saturated heterocycles. The van der Waals surface area contributed by atoms with E-state index < -0.39 is 67.8 Å². The second-order valence-corrected chi connectivity index (χ2v) is 5.12. The van der Waals surface area contributed by atoms with E-state index in [1.807, 2.05) is 0 Å². The lowest BCUT2D eigenvalue weighted by Crippen LogP contribution is -2.32. The number of nitrogens with zero attached hydrogens (tertiary/aromatic N) is 3. The van der Waals surface area contributed by atoms with Gasteiger partial charge in [-0.05, 0) is 44.1 Å². The Hall–Kier alpha value is -2.70. The maximum Gasteiger partial charge on any atom is 0.313 e. The molecule has 0 radical (unpaired) electrons. The molecule has 7 nitrogen and oxygen atoms in total. The number of aliphatic carboxylic acids is 2. The second-order valence-electron chi connectivity index (χ2n) is 5.12. The van der Waals surface area contributed by atoms with Crippen LogP contribution in [0.2, 0.25) is 0 Å².